The Kier molecular flexibility index (Phi) is 8.25. The molecule has 0 unspecified atom stereocenters. The molecule has 0 saturated heterocycles. The van der Waals surface area contributed by atoms with Crippen LogP contribution in [0.5, 0.6) is 11.5 Å². The molecule has 0 heterocycles. The lowest BCUT2D eigenvalue weighted by Crippen LogP contribution is -2.15. The van der Waals surface area contributed by atoms with Gasteiger partial charge < -0.3 is 19.9 Å². The van der Waals surface area contributed by atoms with Crippen LogP contribution in [-0.2, 0) is 13.2 Å². The van der Waals surface area contributed by atoms with Crippen molar-refractivity contribution in [1.82, 2.24) is 5.32 Å². The van der Waals surface area contributed by atoms with Gasteiger partial charge in [-0.25, -0.2) is 0 Å². The SMILES string of the molecule is COc1cc(CNCCCCO)cc(Br)c1OCc1cccc(C)c1. The fourth-order valence-electron chi connectivity index (χ4n) is 2.57. The van der Waals surface area contributed by atoms with E-state index in [1.54, 1.807) is 7.11 Å². The van der Waals surface area contributed by atoms with Gasteiger partial charge in [0.15, 0.2) is 11.5 Å². The van der Waals surface area contributed by atoms with Gasteiger partial charge in [-0.05, 0) is 65.5 Å². The van der Waals surface area contributed by atoms with Gasteiger partial charge in [-0.3, -0.25) is 0 Å². The second-order valence-electron chi connectivity index (χ2n) is 5.99. The van der Waals surface area contributed by atoms with Crippen molar-refractivity contribution in [2.75, 3.05) is 20.3 Å². The molecule has 0 aliphatic carbocycles. The molecule has 4 nitrogen and oxygen atoms in total. The number of methoxy groups -OCH3 is 1. The van der Waals surface area contributed by atoms with Gasteiger partial charge in [-0.1, -0.05) is 29.8 Å². The Morgan fingerprint density at radius 1 is 1.12 bits per heavy atom. The molecule has 5 heteroatoms. The maximum absolute atomic E-state index is 8.80. The van der Waals surface area contributed by atoms with Crippen LogP contribution in [0.15, 0.2) is 40.9 Å². The average Bonchev–Trinajstić information content (AvgIpc) is 2.60. The molecule has 0 fully saturated rings. The molecule has 0 aliphatic heterocycles. The summed E-state index contributed by atoms with van der Waals surface area (Å²) < 4.78 is 12.4. The Balaban J connectivity index is 2.00. The van der Waals surface area contributed by atoms with Crippen LogP contribution in [-0.4, -0.2) is 25.4 Å². The highest BCUT2D eigenvalue weighted by molar-refractivity contribution is 9.10. The number of aryl methyl sites for hydroxylation is 1. The molecule has 2 aromatic rings. The van der Waals surface area contributed by atoms with E-state index in [-0.39, 0.29) is 6.61 Å². The molecule has 0 saturated carbocycles. The molecule has 0 aromatic heterocycles. The minimum Gasteiger partial charge on any atom is -0.493 e. The smallest absolute Gasteiger partial charge is 0.175 e. The number of halogens is 1. The normalized spacial score (nSPS) is 10.7. The third kappa shape index (κ3) is 6.34. The van der Waals surface area contributed by atoms with E-state index >= 15 is 0 Å². The van der Waals surface area contributed by atoms with Gasteiger partial charge >= 0.3 is 0 Å². The van der Waals surface area contributed by atoms with Gasteiger partial charge in [0.1, 0.15) is 6.61 Å². The zero-order valence-electron chi connectivity index (χ0n) is 14.8. The van der Waals surface area contributed by atoms with E-state index in [9.17, 15) is 0 Å². The third-order valence-corrected chi connectivity index (χ3v) is 4.43. The summed E-state index contributed by atoms with van der Waals surface area (Å²) in [6.07, 6.45) is 1.79. The van der Waals surface area contributed by atoms with Crippen molar-refractivity contribution in [1.29, 1.82) is 0 Å². The van der Waals surface area contributed by atoms with Gasteiger partial charge in [-0.15, -0.1) is 0 Å². The average molecular weight is 408 g/mol. The molecule has 0 spiro atoms. The molecule has 25 heavy (non-hydrogen) atoms. The van der Waals surface area contributed by atoms with Crippen molar-refractivity contribution >= 4 is 15.9 Å². The molecule has 0 atom stereocenters. The largest absolute Gasteiger partial charge is 0.493 e. The van der Waals surface area contributed by atoms with E-state index in [2.05, 4.69) is 46.4 Å². The summed E-state index contributed by atoms with van der Waals surface area (Å²) >= 11 is 3.59. The van der Waals surface area contributed by atoms with E-state index in [1.165, 1.54) is 5.56 Å². The minimum atomic E-state index is 0.244. The molecule has 2 aromatic carbocycles. The number of ether oxygens (including phenoxy) is 2. The monoisotopic (exact) mass is 407 g/mol. The lowest BCUT2D eigenvalue weighted by molar-refractivity contribution is 0.282. The third-order valence-electron chi connectivity index (χ3n) is 3.85. The Morgan fingerprint density at radius 2 is 1.96 bits per heavy atom. The lowest BCUT2D eigenvalue weighted by Gasteiger charge is -2.15. The second-order valence-corrected chi connectivity index (χ2v) is 6.85. The zero-order valence-corrected chi connectivity index (χ0v) is 16.4. The Morgan fingerprint density at radius 3 is 2.68 bits per heavy atom. The van der Waals surface area contributed by atoms with Crippen LogP contribution < -0.4 is 14.8 Å². The topological polar surface area (TPSA) is 50.7 Å². The molecule has 2 N–H and O–H groups in total. The molecule has 0 amide bonds. The van der Waals surface area contributed by atoms with Crippen LogP contribution in [0.3, 0.4) is 0 Å². The number of aliphatic hydroxyl groups excluding tert-OH is 1. The summed E-state index contributed by atoms with van der Waals surface area (Å²) in [7, 11) is 1.65. The fourth-order valence-corrected chi connectivity index (χ4v) is 3.17. The Bertz CT molecular complexity index is 676. The van der Waals surface area contributed by atoms with Crippen LogP contribution in [0.2, 0.25) is 0 Å². The highest BCUT2D eigenvalue weighted by Gasteiger charge is 2.12. The first-order valence-electron chi connectivity index (χ1n) is 8.50. The van der Waals surface area contributed by atoms with Crippen LogP contribution in [0.25, 0.3) is 0 Å². The van der Waals surface area contributed by atoms with Crippen molar-refractivity contribution < 1.29 is 14.6 Å². The molecular formula is C20H26BrNO3. The summed E-state index contributed by atoms with van der Waals surface area (Å²) in [5, 5.41) is 12.2. The molecule has 0 bridgehead atoms. The number of hydrogen-bond acceptors (Lipinski definition) is 4. The van der Waals surface area contributed by atoms with Crippen molar-refractivity contribution in [3.05, 3.63) is 57.6 Å². The first-order valence-corrected chi connectivity index (χ1v) is 9.29. The van der Waals surface area contributed by atoms with Crippen molar-refractivity contribution in [3.63, 3.8) is 0 Å². The number of benzene rings is 2. The highest BCUT2D eigenvalue weighted by atomic mass is 79.9. The number of aliphatic hydroxyl groups is 1. The summed E-state index contributed by atoms with van der Waals surface area (Å²) in [5.41, 5.74) is 3.47. The predicted molar refractivity (Wildman–Crippen MR) is 104 cm³/mol. The Hall–Kier alpha value is -1.56. The van der Waals surface area contributed by atoms with Crippen LogP contribution in [0, 0.1) is 6.92 Å². The minimum absolute atomic E-state index is 0.244. The van der Waals surface area contributed by atoms with Crippen LogP contribution >= 0.6 is 15.9 Å². The molecule has 2 rings (SSSR count). The van der Waals surface area contributed by atoms with Crippen molar-refractivity contribution in [2.45, 2.75) is 32.9 Å². The second kappa shape index (κ2) is 10.4. The molecule has 136 valence electrons. The number of unbranched alkanes of at least 4 members (excludes halogenated alkanes) is 1. The van der Waals surface area contributed by atoms with Crippen molar-refractivity contribution in [2.24, 2.45) is 0 Å². The molecule has 0 aliphatic rings. The van der Waals surface area contributed by atoms with Crippen LogP contribution in [0.4, 0.5) is 0 Å². The molecular weight excluding hydrogens is 382 g/mol. The van der Waals surface area contributed by atoms with E-state index in [4.69, 9.17) is 14.6 Å². The van der Waals surface area contributed by atoms with Gasteiger partial charge in [0.25, 0.3) is 0 Å². The van der Waals surface area contributed by atoms with Gasteiger partial charge in [-0.2, -0.15) is 0 Å². The number of hydrogen-bond donors (Lipinski definition) is 2. The van der Waals surface area contributed by atoms with Crippen molar-refractivity contribution in [3.8, 4) is 11.5 Å². The quantitative estimate of drug-likeness (QED) is 0.579. The van der Waals surface area contributed by atoms with Gasteiger partial charge in [0.05, 0.1) is 11.6 Å². The predicted octanol–water partition coefficient (Wildman–Crippen LogP) is 4.21. The first kappa shape index (κ1) is 19.8. The maximum Gasteiger partial charge on any atom is 0.175 e. The van der Waals surface area contributed by atoms with Crippen LogP contribution in [0.1, 0.15) is 29.5 Å². The summed E-state index contributed by atoms with van der Waals surface area (Å²) in [6, 6.07) is 12.3. The zero-order chi connectivity index (χ0) is 18.1. The summed E-state index contributed by atoms with van der Waals surface area (Å²) in [5.74, 6) is 1.43. The van der Waals surface area contributed by atoms with E-state index in [1.807, 2.05) is 18.2 Å². The standard InChI is InChI=1S/C20H26BrNO3/c1-15-6-5-7-16(10-15)14-25-20-18(21)11-17(12-19(20)24-2)13-22-8-3-4-9-23/h5-7,10-12,22-23H,3-4,8-9,13-14H2,1-2H3. The van der Waals surface area contributed by atoms with E-state index in [0.717, 1.165) is 41.5 Å². The molecule has 0 radical (unpaired) electrons. The van der Waals surface area contributed by atoms with Gasteiger partial charge in [0.2, 0.25) is 0 Å². The number of rotatable bonds is 10. The Labute approximate surface area is 158 Å². The van der Waals surface area contributed by atoms with E-state index < -0.39 is 0 Å². The fraction of sp³-hybridized carbons (Fsp3) is 0.400. The number of nitrogens with one attached hydrogen (secondary N) is 1. The lowest BCUT2D eigenvalue weighted by atomic mass is 10.1. The summed E-state index contributed by atoms with van der Waals surface area (Å²) in [4.78, 5) is 0. The van der Waals surface area contributed by atoms with E-state index in [0.29, 0.717) is 18.1 Å². The summed E-state index contributed by atoms with van der Waals surface area (Å²) in [6.45, 7) is 4.44. The van der Waals surface area contributed by atoms with Gasteiger partial charge in [0, 0.05) is 13.2 Å². The maximum atomic E-state index is 8.80. The highest BCUT2D eigenvalue weighted by Crippen LogP contribution is 2.37. The first-order chi connectivity index (χ1) is 12.1.